The quantitative estimate of drug-likeness (QED) is 0.499. The normalized spacial score (nSPS) is 44.5. The second-order valence-corrected chi connectivity index (χ2v) is 5.57. The summed E-state index contributed by atoms with van der Waals surface area (Å²) in [5, 5.41) is 0. The minimum Gasteiger partial charge on any atom is -0.458 e. The summed E-state index contributed by atoms with van der Waals surface area (Å²) in [6, 6.07) is 0. The van der Waals surface area contributed by atoms with E-state index in [0.29, 0.717) is 23.7 Å². The lowest BCUT2D eigenvalue weighted by Gasteiger charge is -2.32. The van der Waals surface area contributed by atoms with Crippen molar-refractivity contribution < 1.29 is 9.53 Å². The summed E-state index contributed by atoms with van der Waals surface area (Å²) in [4.78, 5) is 11.1. The summed E-state index contributed by atoms with van der Waals surface area (Å²) < 4.78 is 5.44. The van der Waals surface area contributed by atoms with Gasteiger partial charge in [-0.05, 0) is 43.1 Å². The monoisotopic (exact) mass is 218 g/mol. The third-order valence-corrected chi connectivity index (χ3v) is 4.59. The van der Waals surface area contributed by atoms with Gasteiger partial charge in [0.1, 0.15) is 6.10 Å². The SMILES string of the molecule is C=C1C2CC(C1OC(C)=O)C1CC(C)=CC21. The van der Waals surface area contributed by atoms with Crippen LogP contribution in [-0.2, 0) is 9.53 Å². The van der Waals surface area contributed by atoms with Gasteiger partial charge < -0.3 is 4.74 Å². The molecule has 0 heterocycles. The highest BCUT2D eigenvalue weighted by molar-refractivity contribution is 5.66. The molecule has 0 aromatic rings. The van der Waals surface area contributed by atoms with E-state index in [9.17, 15) is 4.79 Å². The van der Waals surface area contributed by atoms with E-state index < -0.39 is 0 Å². The van der Waals surface area contributed by atoms with E-state index in [2.05, 4.69) is 19.6 Å². The number of fused-ring (bicyclic) bond motifs is 5. The van der Waals surface area contributed by atoms with Gasteiger partial charge in [-0.1, -0.05) is 18.2 Å². The molecular formula is C14H18O2. The van der Waals surface area contributed by atoms with E-state index in [1.165, 1.54) is 25.3 Å². The largest absolute Gasteiger partial charge is 0.458 e. The van der Waals surface area contributed by atoms with Crippen molar-refractivity contribution in [2.24, 2.45) is 23.7 Å². The zero-order valence-electron chi connectivity index (χ0n) is 9.90. The lowest BCUT2D eigenvalue weighted by atomic mass is 9.77. The first-order valence-corrected chi connectivity index (χ1v) is 6.11. The van der Waals surface area contributed by atoms with Crippen molar-refractivity contribution in [2.75, 3.05) is 0 Å². The Kier molecular flexibility index (Phi) is 2.04. The summed E-state index contributed by atoms with van der Waals surface area (Å²) >= 11 is 0. The van der Waals surface area contributed by atoms with E-state index in [4.69, 9.17) is 4.74 Å². The predicted molar refractivity (Wildman–Crippen MR) is 61.6 cm³/mol. The average molecular weight is 218 g/mol. The second-order valence-electron chi connectivity index (χ2n) is 5.57. The molecule has 0 aromatic heterocycles. The molecule has 3 rings (SSSR count). The minimum absolute atomic E-state index is 0.00282. The van der Waals surface area contributed by atoms with Gasteiger partial charge in [0.15, 0.2) is 0 Å². The van der Waals surface area contributed by atoms with Gasteiger partial charge in [-0.25, -0.2) is 0 Å². The Labute approximate surface area is 96.4 Å². The summed E-state index contributed by atoms with van der Waals surface area (Å²) in [5.74, 6) is 2.32. The van der Waals surface area contributed by atoms with Gasteiger partial charge in [0.2, 0.25) is 0 Å². The predicted octanol–water partition coefficient (Wildman–Crippen LogP) is 2.71. The first-order valence-electron chi connectivity index (χ1n) is 6.11. The maximum atomic E-state index is 11.1. The number of carbonyl (C=O) groups is 1. The maximum Gasteiger partial charge on any atom is 0.303 e. The standard InChI is InChI=1S/C14H18O2/c1-7-4-11-10-6-13(12(11)5-7)14(8(10)2)16-9(3)15/h4,10-14H,2,5-6H2,1,3H3. The molecule has 3 aliphatic rings. The molecular weight excluding hydrogens is 200 g/mol. The molecule has 0 N–H and O–H groups in total. The Morgan fingerprint density at radius 1 is 1.50 bits per heavy atom. The molecule has 0 saturated heterocycles. The third kappa shape index (κ3) is 1.22. The molecule has 16 heavy (non-hydrogen) atoms. The van der Waals surface area contributed by atoms with Crippen LogP contribution in [0.4, 0.5) is 0 Å². The molecule has 2 nitrogen and oxygen atoms in total. The van der Waals surface area contributed by atoms with Crippen molar-refractivity contribution in [1.29, 1.82) is 0 Å². The molecule has 3 aliphatic carbocycles. The average Bonchev–Trinajstić information content (AvgIpc) is 2.77. The Morgan fingerprint density at radius 2 is 2.25 bits per heavy atom. The van der Waals surface area contributed by atoms with Gasteiger partial charge in [-0.3, -0.25) is 4.79 Å². The van der Waals surface area contributed by atoms with E-state index in [1.807, 2.05) is 0 Å². The Morgan fingerprint density at radius 3 is 2.94 bits per heavy atom. The molecule has 5 atom stereocenters. The molecule has 0 amide bonds. The first kappa shape index (κ1) is 10.1. The number of rotatable bonds is 1. The van der Waals surface area contributed by atoms with Gasteiger partial charge >= 0.3 is 5.97 Å². The fourth-order valence-electron chi connectivity index (χ4n) is 4.08. The first-order chi connectivity index (χ1) is 7.58. The number of carbonyl (C=O) groups excluding carboxylic acids is 1. The summed E-state index contributed by atoms with van der Waals surface area (Å²) in [7, 11) is 0. The number of hydrogen-bond donors (Lipinski definition) is 0. The molecule has 5 unspecified atom stereocenters. The Bertz CT molecular complexity index is 394. The summed E-state index contributed by atoms with van der Waals surface area (Å²) in [5.41, 5.74) is 2.66. The van der Waals surface area contributed by atoms with Crippen LogP contribution in [0.2, 0.25) is 0 Å². The zero-order chi connectivity index (χ0) is 11.4. The minimum atomic E-state index is -0.169. The van der Waals surface area contributed by atoms with E-state index in [1.54, 1.807) is 0 Å². The lowest BCUT2D eigenvalue weighted by Crippen LogP contribution is -2.33. The van der Waals surface area contributed by atoms with Crippen LogP contribution in [0.3, 0.4) is 0 Å². The van der Waals surface area contributed by atoms with Crippen molar-refractivity contribution in [3.05, 3.63) is 23.8 Å². The smallest absolute Gasteiger partial charge is 0.303 e. The molecule has 2 bridgehead atoms. The van der Waals surface area contributed by atoms with Crippen LogP contribution in [0.1, 0.15) is 26.7 Å². The summed E-state index contributed by atoms with van der Waals surface area (Å²) in [6.07, 6.45) is 4.79. The maximum absolute atomic E-state index is 11.1. The van der Waals surface area contributed by atoms with Crippen molar-refractivity contribution in [1.82, 2.24) is 0 Å². The van der Waals surface area contributed by atoms with Crippen LogP contribution in [0, 0.1) is 23.7 Å². The van der Waals surface area contributed by atoms with Crippen molar-refractivity contribution >= 4 is 5.97 Å². The van der Waals surface area contributed by atoms with Crippen LogP contribution in [-0.4, -0.2) is 12.1 Å². The number of esters is 1. The van der Waals surface area contributed by atoms with E-state index in [0.717, 1.165) is 5.57 Å². The van der Waals surface area contributed by atoms with Crippen molar-refractivity contribution in [2.45, 2.75) is 32.8 Å². The van der Waals surface area contributed by atoms with Crippen LogP contribution < -0.4 is 0 Å². The topological polar surface area (TPSA) is 26.3 Å². The highest BCUT2D eigenvalue weighted by Gasteiger charge is 2.56. The number of ether oxygens (including phenoxy) is 1. The highest BCUT2D eigenvalue weighted by atomic mass is 16.5. The van der Waals surface area contributed by atoms with Crippen LogP contribution in [0.5, 0.6) is 0 Å². The summed E-state index contributed by atoms with van der Waals surface area (Å²) in [6.45, 7) is 7.85. The Hall–Kier alpha value is -1.05. The van der Waals surface area contributed by atoms with Crippen LogP contribution in [0.25, 0.3) is 0 Å². The van der Waals surface area contributed by atoms with Crippen LogP contribution in [0.15, 0.2) is 23.8 Å². The molecule has 0 spiro atoms. The van der Waals surface area contributed by atoms with Crippen LogP contribution >= 0.6 is 0 Å². The molecule has 0 aromatic carbocycles. The van der Waals surface area contributed by atoms with Gasteiger partial charge in [-0.15, -0.1) is 0 Å². The fraction of sp³-hybridized carbons (Fsp3) is 0.643. The molecule has 2 heteroatoms. The highest BCUT2D eigenvalue weighted by Crippen LogP contribution is 2.60. The van der Waals surface area contributed by atoms with Gasteiger partial charge in [0.05, 0.1) is 0 Å². The van der Waals surface area contributed by atoms with Crippen molar-refractivity contribution in [3.8, 4) is 0 Å². The molecule has 86 valence electrons. The fourth-order valence-corrected chi connectivity index (χ4v) is 4.08. The second kappa shape index (κ2) is 3.22. The third-order valence-electron chi connectivity index (χ3n) is 4.59. The molecule has 0 radical (unpaired) electrons. The lowest BCUT2D eigenvalue weighted by molar-refractivity contribution is -0.147. The Balaban J connectivity index is 1.85. The molecule has 2 saturated carbocycles. The zero-order valence-corrected chi connectivity index (χ0v) is 9.90. The number of hydrogen-bond acceptors (Lipinski definition) is 2. The van der Waals surface area contributed by atoms with E-state index >= 15 is 0 Å². The van der Waals surface area contributed by atoms with Gasteiger partial charge in [0, 0.05) is 12.8 Å². The van der Waals surface area contributed by atoms with Crippen molar-refractivity contribution in [3.63, 3.8) is 0 Å². The molecule has 0 aliphatic heterocycles. The number of allylic oxidation sites excluding steroid dienone is 2. The van der Waals surface area contributed by atoms with Gasteiger partial charge in [-0.2, -0.15) is 0 Å². The molecule has 2 fully saturated rings. The van der Waals surface area contributed by atoms with Gasteiger partial charge in [0.25, 0.3) is 0 Å². The van der Waals surface area contributed by atoms with E-state index in [-0.39, 0.29) is 12.1 Å².